The molecule has 0 fully saturated rings. The van der Waals surface area contributed by atoms with E-state index in [0.717, 1.165) is 13.1 Å². The average Bonchev–Trinajstić information content (AvgIpc) is 2.89. The molecule has 210 valence electrons. The quantitative estimate of drug-likeness (QED) is 0.124. The number of hydrogen-bond donors (Lipinski definition) is 2. The van der Waals surface area contributed by atoms with Gasteiger partial charge in [-0.1, -0.05) is 116 Å². The van der Waals surface area contributed by atoms with E-state index in [2.05, 4.69) is 26.0 Å². The van der Waals surface area contributed by atoms with Gasteiger partial charge in [0.05, 0.1) is 0 Å². The van der Waals surface area contributed by atoms with Crippen LogP contribution in [0.25, 0.3) is 0 Å². The van der Waals surface area contributed by atoms with Crippen molar-refractivity contribution >= 4 is 0 Å². The Morgan fingerprint density at radius 2 is 0.694 bits per heavy atom. The van der Waals surface area contributed by atoms with E-state index in [1.807, 2.05) is 0 Å². The molecule has 0 heterocycles. The summed E-state index contributed by atoms with van der Waals surface area (Å²) >= 11 is 0. The lowest BCUT2D eigenvalue weighted by atomic mass is 9.85. The first-order chi connectivity index (χ1) is 17.8. The van der Waals surface area contributed by atoms with Crippen molar-refractivity contribution in [2.45, 2.75) is 168 Å². The molecule has 0 aliphatic rings. The molecule has 2 heteroatoms. The Balaban J connectivity index is 2.92. The van der Waals surface area contributed by atoms with Crippen molar-refractivity contribution in [1.29, 1.82) is 0 Å². The van der Waals surface area contributed by atoms with Crippen LogP contribution in [0.1, 0.15) is 165 Å². The number of benzene rings is 1. The van der Waals surface area contributed by atoms with E-state index in [0.29, 0.717) is 0 Å². The van der Waals surface area contributed by atoms with Crippen LogP contribution in [0, 0.1) is 0 Å². The van der Waals surface area contributed by atoms with E-state index in [4.69, 9.17) is 11.5 Å². The molecule has 0 aromatic heterocycles. The molecule has 4 N–H and O–H groups in total. The van der Waals surface area contributed by atoms with Crippen molar-refractivity contribution in [1.82, 2.24) is 0 Å². The molecule has 1 aromatic carbocycles. The lowest BCUT2D eigenvalue weighted by molar-refractivity contribution is 0.595. The zero-order valence-corrected chi connectivity index (χ0v) is 24.7. The van der Waals surface area contributed by atoms with Crippen LogP contribution in [-0.4, -0.2) is 13.1 Å². The third-order valence-corrected chi connectivity index (χ3v) is 7.99. The predicted molar refractivity (Wildman–Crippen MR) is 163 cm³/mol. The average molecular weight is 501 g/mol. The smallest absolute Gasteiger partial charge is 0.00773 e. The summed E-state index contributed by atoms with van der Waals surface area (Å²) in [5.41, 5.74) is 18.3. The molecule has 0 aliphatic carbocycles. The first-order valence-electron chi connectivity index (χ1n) is 16.3. The number of hydrogen-bond acceptors (Lipinski definition) is 2. The third-order valence-electron chi connectivity index (χ3n) is 7.99. The Bertz CT molecular complexity index is 609. The zero-order valence-electron chi connectivity index (χ0n) is 24.7. The number of unbranched alkanes of at least 4 members (excludes halogenated alkanes) is 16. The summed E-state index contributed by atoms with van der Waals surface area (Å²) < 4.78 is 0. The minimum absolute atomic E-state index is 0.844. The van der Waals surface area contributed by atoms with Gasteiger partial charge in [0.2, 0.25) is 0 Å². The van der Waals surface area contributed by atoms with Crippen molar-refractivity contribution in [2.24, 2.45) is 11.5 Å². The molecule has 2 nitrogen and oxygen atoms in total. The third kappa shape index (κ3) is 16.1. The maximum atomic E-state index is 5.71. The number of rotatable bonds is 26. The standard InChI is InChI=1S/C34H64N2/c1-3-5-7-9-13-19-25-33-31(23-17-8-6-4-2)27-28-32(24-18-12-10-15-21-29-35)34(33)26-20-14-11-16-22-30-36/h27-28H,3-26,29-30,35-36H2,1-2H3. The van der Waals surface area contributed by atoms with Gasteiger partial charge in [-0.05, 0) is 99.6 Å². The maximum Gasteiger partial charge on any atom is -0.00773 e. The highest BCUT2D eigenvalue weighted by molar-refractivity contribution is 5.42. The van der Waals surface area contributed by atoms with Gasteiger partial charge in [-0.25, -0.2) is 0 Å². The Hall–Kier alpha value is -0.860. The Morgan fingerprint density at radius 1 is 0.389 bits per heavy atom. The molecular formula is C34H64N2. The molecule has 0 saturated carbocycles. The Morgan fingerprint density at radius 3 is 1.08 bits per heavy atom. The molecule has 0 unspecified atom stereocenters. The van der Waals surface area contributed by atoms with E-state index in [-0.39, 0.29) is 0 Å². The van der Waals surface area contributed by atoms with Gasteiger partial charge in [-0.2, -0.15) is 0 Å². The van der Waals surface area contributed by atoms with Crippen molar-refractivity contribution in [3.05, 3.63) is 34.4 Å². The molecular weight excluding hydrogens is 436 g/mol. The molecule has 0 spiro atoms. The highest BCUT2D eigenvalue weighted by atomic mass is 14.5. The summed E-state index contributed by atoms with van der Waals surface area (Å²) in [6, 6.07) is 5.07. The van der Waals surface area contributed by atoms with Gasteiger partial charge in [0.1, 0.15) is 0 Å². The van der Waals surface area contributed by atoms with Crippen molar-refractivity contribution in [3.63, 3.8) is 0 Å². The van der Waals surface area contributed by atoms with Gasteiger partial charge in [0.15, 0.2) is 0 Å². The van der Waals surface area contributed by atoms with Gasteiger partial charge in [-0.3, -0.25) is 0 Å². The molecule has 0 aliphatic heterocycles. The first-order valence-corrected chi connectivity index (χ1v) is 16.3. The second-order valence-electron chi connectivity index (χ2n) is 11.3. The summed E-state index contributed by atoms with van der Waals surface area (Å²) in [5, 5.41) is 0. The van der Waals surface area contributed by atoms with Crippen LogP contribution in [-0.2, 0) is 25.7 Å². The van der Waals surface area contributed by atoms with Crippen LogP contribution < -0.4 is 11.5 Å². The van der Waals surface area contributed by atoms with Gasteiger partial charge in [0.25, 0.3) is 0 Å². The fraction of sp³-hybridized carbons (Fsp3) is 0.824. The van der Waals surface area contributed by atoms with Gasteiger partial charge in [-0.15, -0.1) is 0 Å². The second-order valence-corrected chi connectivity index (χ2v) is 11.3. The minimum atomic E-state index is 0.844. The molecule has 0 atom stereocenters. The summed E-state index contributed by atoms with van der Waals surface area (Å²) in [4.78, 5) is 0. The van der Waals surface area contributed by atoms with E-state index in [9.17, 15) is 0 Å². The minimum Gasteiger partial charge on any atom is -0.330 e. The lowest BCUT2D eigenvalue weighted by Gasteiger charge is -2.20. The van der Waals surface area contributed by atoms with Crippen molar-refractivity contribution in [3.8, 4) is 0 Å². The number of aryl methyl sites for hydroxylation is 2. The lowest BCUT2D eigenvalue weighted by Crippen LogP contribution is -2.07. The largest absolute Gasteiger partial charge is 0.330 e. The first kappa shape index (κ1) is 33.2. The van der Waals surface area contributed by atoms with E-state index < -0.39 is 0 Å². The summed E-state index contributed by atoms with van der Waals surface area (Å²) in [6.07, 6.45) is 32.0. The van der Waals surface area contributed by atoms with Crippen molar-refractivity contribution in [2.75, 3.05) is 13.1 Å². The van der Waals surface area contributed by atoms with E-state index in [1.165, 1.54) is 154 Å². The van der Waals surface area contributed by atoms with Crippen LogP contribution in [0.3, 0.4) is 0 Å². The van der Waals surface area contributed by atoms with Crippen LogP contribution in [0.2, 0.25) is 0 Å². The molecule has 1 rings (SSSR count). The Kier molecular flexibility index (Phi) is 22.6. The summed E-state index contributed by atoms with van der Waals surface area (Å²) in [5.74, 6) is 0. The highest BCUT2D eigenvalue weighted by Gasteiger charge is 2.14. The van der Waals surface area contributed by atoms with E-state index in [1.54, 1.807) is 22.3 Å². The monoisotopic (exact) mass is 501 g/mol. The van der Waals surface area contributed by atoms with Crippen molar-refractivity contribution < 1.29 is 0 Å². The normalized spacial score (nSPS) is 11.4. The molecule has 0 amide bonds. The zero-order chi connectivity index (χ0) is 26.1. The van der Waals surface area contributed by atoms with Crippen LogP contribution in [0.4, 0.5) is 0 Å². The molecule has 0 saturated heterocycles. The fourth-order valence-corrected chi connectivity index (χ4v) is 5.67. The summed E-state index contributed by atoms with van der Waals surface area (Å²) in [7, 11) is 0. The summed E-state index contributed by atoms with van der Waals surface area (Å²) in [6.45, 7) is 6.33. The van der Waals surface area contributed by atoms with Gasteiger partial charge >= 0.3 is 0 Å². The highest BCUT2D eigenvalue weighted by Crippen LogP contribution is 2.28. The van der Waals surface area contributed by atoms with E-state index >= 15 is 0 Å². The predicted octanol–water partition coefficient (Wildman–Crippen LogP) is 9.62. The molecule has 36 heavy (non-hydrogen) atoms. The van der Waals surface area contributed by atoms with Crippen LogP contribution >= 0.6 is 0 Å². The topological polar surface area (TPSA) is 52.0 Å². The Labute approximate surface area is 226 Å². The molecule has 1 aromatic rings. The van der Waals surface area contributed by atoms with Crippen LogP contribution in [0.15, 0.2) is 12.1 Å². The van der Waals surface area contributed by atoms with Gasteiger partial charge in [0, 0.05) is 0 Å². The molecule has 0 bridgehead atoms. The fourth-order valence-electron chi connectivity index (χ4n) is 5.67. The van der Waals surface area contributed by atoms with Gasteiger partial charge < -0.3 is 11.5 Å². The SMILES string of the molecule is CCCCCCCCc1c(CCCCCC)ccc(CCCCCCCN)c1CCCCCCCN. The van der Waals surface area contributed by atoms with Crippen LogP contribution in [0.5, 0.6) is 0 Å². The number of nitrogens with two attached hydrogens (primary N) is 2. The molecule has 0 radical (unpaired) electrons. The second kappa shape index (κ2) is 24.5. The maximum absolute atomic E-state index is 5.71.